The number of piperidine rings is 1. The molecule has 0 amide bonds. The van der Waals surface area contributed by atoms with E-state index in [4.69, 9.17) is 18.0 Å². The normalized spacial score (nSPS) is 17.1. The predicted molar refractivity (Wildman–Crippen MR) is 99.6 cm³/mol. The number of benzene rings is 1. The zero-order chi connectivity index (χ0) is 17.3. The summed E-state index contributed by atoms with van der Waals surface area (Å²) in [6, 6.07) is 6.04. The van der Waals surface area contributed by atoms with Gasteiger partial charge in [0.2, 0.25) is 11.0 Å². The Morgan fingerprint density at radius 3 is 2.75 bits per heavy atom. The second-order valence-corrected chi connectivity index (χ2v) is 7.02. The largest absolute Gasteiger partial charge is 0.493 e. The zero-order valence-corrected chi connectivity index (χ0v) is 14.9. The molecule has 0 radical (unpaired) electrons. The summed E-state index contributed by atoms with van der Waals surface area (Å²) >= 11 is 4.76. The minimum atomic E-state index is -0.0482. The molecule has 0 unspecified atom stereocenters. The number of aromatic hydroxyl groups is 1. The van der Waals surface area contributed by atoms with E-state index in [0.717, 1.165) is 35.5 Å². The van der Waals surface area contributed by atoms with Crippen molar-refractivity contribution in [1.82, 2.24) is 9.47 Å². The molecule has 0 bridgehead atoms. The quantitative estimate of drug-likeness (QED) is 0.657. The van der Waals surface area contributed by atoms with Crippen LogP contribution in [0.25, 0.3) is 10.9 Å². The van der Waals surface area contributed by atoms with Gasteiger partial charge in [0.25, 0.3) is 0 Å². The summed E-state index contributed by atoms with van der Waals surface area (Å²) in [5.41, 5.74) is 7.87. The van der Waals surface area contributed by atoms with Crippen LogP contribution in [-0.2, 0) is 6.67 Å². The van der Waals surface area contributed by atoms with Gasteiger partial charge in [-0.2, -0.15) is 0 Å². The van der Waals surface area contributed by atoms with Crippen LogP contribution in [0.4, 0.5) is 5.69 Å². The number of thiocarbonyl (C=S) groups is 1. The number of azo groups is 1. The fraction of sp³-hybridized carbons (Fsp3) is 0.471. The van der Waals surface area contributed by atoms with Crippen LogP contribution in [0, 0.1) is 12.8 Å². The van der Waals surface area contributed by atoms with E-state index < -0.39 is 0 Å². The summed E-state index contributed by atoms with van der Waals surface area (Å²) in [7, 11) is 0. The zero-order valence-electron chi connectivity index (χ0n) is 14.1. The van der Waals surface area contributed by atoms with Gasteiger partial charge in [0.05, 0.1) is 12.2 Å². The average Bonchev–Trinajstić information content (AvgIpc) is 2.79. The van der Waals surface area contributed by atoms with Crippen LogP contribution >= 0.6 is 12.2 Å². The minimum Gasteiger partial charge on any atom is -0.493 e. The minimum absolute atomic E-state index is 0.0482. The third-order valence-electron chi connectivity index (χ3n) is 4.63. The fourth-order valence-electron chi connectivity index (χ4n) is 3.18. The van der Waals surface area contributed by atoms with Gasteiger partial charge in [0.1, 0.15) is 0 Å². The number of fused-ring (bicyclic) bond motifs is 1. The summed E-state index contributed by atoms with van der Waals surface area (Å²) < 4.78 is 1.89. The van der Waals surface area contributed by atoms with Crippen molar-refractivity contribution < 1.29 is 5.11 Å². The number of nitrogens with two attached hydrogens (primary N) is 1. The van der Waals surface area contributed by atoms with E-state index in [0.29, 0.717) is 12.4 Å². The topological polar surface area (TPSA) is 79.1 Å². The van der Waals surface area contributed by atoms with E-state index in [1.54, 1.807) is 0 Å². The predicted octanol–water partition coefficient (Wildman–Crippen LogP) is 3.67. The molecule has 3 rings (SSSR count). The van der Waals surface area contributed by atoms with Gasteiger partial charge in [-0.05, 0) is 50.0 Å². The number of nitrogens with zero attached hydrogens (tertiary/aromatic N) is 4. The number of aryl methyl sites for hydroxylation is 1. The molecular weight excluding hydrogens is 322 g/mol. The van der Waals surface area contributed by atoms with Gasteiger partial charge in [-0.15, -0.1) is 10.2 Å². The molecule has 7 heteroatoms. The summed E-state index contributed by atoms with van der Waals surface area (Å²) in [6.07, 6.45) is 2.38. The van der Waals surface area contributed by atoms with E-state index in [9.17, 15) is 5.11 Å². The van der Waals surface area contributed by atoms with Gasteiger partial charge in [-0.1, -0.05) is 18.6 Å². The first-order valence-electron chi connectivity index (χ1n) is 8.21. The van der Waals surface area contributed by atoms with E-state index in [2.05, 4.69) is 22.1 Å². The van der Waals surface area contributed by atoms with Crippen LogP contribution < -0.4 is 5.73 Å². The number of rotatable bonds is 3. The summed E-state index contributed by atoms with van der Waals surface area (Å²) in [5, 5.41) is 19.3. The van der Waals surface area contributed by atoms with Gasteiger partial charge in [-0.3, -0.25) is 9.47 Å². The molecule has 0 atom stereocenters. The third kappa shape index (κ3) is 3.42. The number of likely N-dealkylation sites (tertiary alicyclic amines) is 1. The molecule has 6 nitrogen and oxygen atoms in total. The van der Waals surface area contributed by atoms with Crippen molar-refractivity contribution in [2.45, 2.75) is 33.4 Å². The Hall–Kier alpha value is -1.99. The van der Waals surface area contributed by atoms with E-state index in [-0.39, 0.29) is 11.0 Å². The molecule has 2 aromatic rings. The highest BCUT2D eigenvalue weighted by molar-refractivity contribution is 7.80. The Bertz CT molecular complexity index is 790. The molecule has 1 aliphatic heterocycles. The van der Waals surface area contributed by atoms with Gasteiger partial charge < -0.3 is 10.8 Å². The average molecular weight is 345 g/mol. The monoisotopic (exact) mass is 345 g/mol. The maximum Gasteiger partial charge on any atom is 0.221 e. The lowest BCUT2D eigenvalue weighted by atomic mass is 10.00. The molecule has 24 heavy (non-hydrogen) atoms. The van der Waals surface area contributed by atoms with Crippen molar-refractivity contribution in [3.05, 3.63) is 23.8 Å². The first-order chi connectivity index (χ1) is 11.5. The lowest BCUT2D eigenvalue weighted by Gasteiger charge is -2.30. The number of hydrogen-bond donors (Lipinski definition) is 2. The highest BCUT2D eigenvalue weighted by atomic mass is 32.1. The Morgan fingerprint density at radius 1 is 1.38 bits per heavy atom. The molecule has 0 aliphatic carbocycles. The van der Waals surface area contributed by atoms with Crippen molar-refractivity contribution in [1.29, 1.82) is 0 Å². The molecule has 1 fully saturated rings. The van der Waals surface area contributed by atoms with Crippen molar-refractivity contribution >= 4 is 33.9 Å². The lowest BCUT2D eigenvalue weighted by Crippen LogP contribution is -2.34. The maximum absolute atomic E-state index is 10.7. The molecule has 2 heterocycles. The number of aromatic nitrogens is 1. The van der Waals surface area contributed by atoms with Gasteiger partial charge in [-0.25, -0.2) is 0 Å². The van der Waals surface area contributed by atoms with Crippen molar-refractivity contribution in [2.75, 3.05) is 13.1 Å². The molecule has 1 saturated heterocycles. The van der Waals surface area contributed by atoms with Gasteiger partial charge >= 0.3 is 0 Å². The van der Waals surface area contributed by atoms with Gasteiger partial charge in [0, 0.05) is 18.5 Å². The third-order valence-corrected chi connectivity index (χ3v) is 4.71. The molecule has 3 N–H and O–H groups in total. The SMILES string of the molecule is Cc1ccc2c(c1)c(N=NC(N)=S)c(O)n2CN1CCC(C)CC1. The molecule has 0 saturated carbocycles. The lowest BCUT2D eigenvalue weighted by molar-refractivity contribution is 0.151. The smallest absolute Gasteiger partial charge is 0.221 e. The Balaban J connectivity index is 2.00. The van der Waals surface area contributed by atoms with Crippen LogP contribution in [0.3, 0.4) is 0 Å². The highest BCUT2D eigenvalue weighted by Crippen LogP contribution is 2.39. The Kier molecular flexibility index (Phi) is 4.82. The van der Waals surface area contributed by atoms with Gasteiger partial charge in [0.15, 0.2) is 5.69 Å². The highest BCUT2D eigenvalue weighted by Gasteiger charge is 2.21. The van der Waals surface area contributed by atoms with Crippen LogP contribution in [0.5, 0.6) is 5.88 Å². The Morgan fingerprint density at radius 2 is 2.08 bits per heavy atom. The van der Waals surface area contributed by atoms with Crippen molar-refractivity contribution in [2.24, 2.45) is 21.9 Å². The Labute approximate surface area is 147 Å². The van der Waals surface area contributed by atoms with Crippen LogP contribution in [0.2, 0.25) is 0 Å². The number of hydrogen-bond acceptors (Lipinski definition) is 4. The van der Waals surface area contributed by atoms with E-state index in [1.165, 1.54) is 12.8 Å². The second kappa shape index (κ2) is 6.86. The van der Waals surface area contributed by atoms with Crippen LogP contribution in [0.1, 0.15) is 25.3 Å². The van der Waals surface area contributed by atoms with E-state index >= 15 is 0 Å². The molecule has 1 aromatic carbocycles. The molecule has 1 aromatic heterocycles. The molecule has 1 aliphatic rings. The molecular formula is C17H23N5OS. The van der Waals surface area contributed by atoms with Crippen LogP contribution in [-0.4, -0.2) is 32.8 Å². The second-order valence-electron chi connectivity index (χ2n) is 6.60. The fourth-order valence-corrected chi connectivity index (χ4v) is 3.22. The first-order valence-corrected chi connectivity index (χ1v) is 8.62. The van der Waals surface area contributed by atoms with E-state index in [1.807, 2.05) is 29.7 Å². The summed E-state index contributed by atoms with van der Waals surface area (Å²) in [6.45, 7) is 7.01. The van der Waals surface area contributed by atoms with Crippen molar-refractivity contribution in [3.63, 3.8) is 0 Å². The molecule has 0 spiro atoms. The molecule has 128 valence electrons. The summed E-state index contributed by atoms with van der Waals surface area (Å²) in [5.74, 6) is 0.878. The summed E-state index contributed by atoms with van der Waals surface area (Å²) in [4.78, 5) is 2.35. The maximum atomic E-state index is 10.7. The van der Waals surface area contributed by atoms with Crippen LogP contribution in [0.15, 0.2) is 28.4 Å². The standard InChI is InChI=1S/C17H23N5OS/c1-11-5-7-21(8-6-11)10-22-14-4-3-12(2)9-13(14)15(16(22)23)19-20-17(18)24/h3-4,9,11,23H,5-8,10H2,1-2H3,(H2,18,24). The first kappa shape index (κ1) is 16.9. The van der Waals surface area contributed by atoms with Crippen molar-refractivity contribution in [3.8, 4) is 5.88 Å².